The summed E-state index contributed by atoms with van der Waals surface area (Å²) in [6, 6.07) is 40.2. The van der Waals surface area contributed by atoms with Gasteiger partial charge in [-0.15, -0.1) is 13.2 Å². The summed E-state index contributed by atoms with van der Waals surface area (Å²) < 4.78 is 76.6. The maximum Gasteiger partial charge on any atom is 0.573 e. The molecule has 1 N–H and O–H groups in total. The second-order valence-corrected chi connectivity index (χ2v) is 14.0. The van der Waals surface area contributed by atoms with Gasteiger partial charge < -0.3 is 33.5 Å². The Morgan fingerprint density at radius 3 is 1.80 bits per heavy atom. The van der Waals surface area contributed by atoms with Gasteiger partial charge in [-0.25, -0.2) is 0 Å². The third-order valence-electron chi connectivity index (χ3n) is 9.84. The molecule has 2 aliphatic rings. The van der Waals surface area contributed by atoms with Gasteiger partial charge in [0.2, 0.25) is 5.79 Å². The van der Waals surface area contributed by atoms with E-state index in [1.54, 1.807) is 31.2 Å². The number of aliphatic hydroxyl groups is 1. The average molecular weight is 761 g/mol. The second-order valence-electron chi connectivity index (χ2n) is 13.6. The first kappa shape index (κ1) is 38.0. The van der Waals surface area contributed by atoms with E-state index in [-0.39, 0.29) is 38.6 Å². The number of aliphatic hydroxyl groups excluding tert-OH is 1. The van der Waals surface area contributed by atoms with Crippen LogP contribution in [-0.2, 0) is 55.7 Å². The van der Waals surface area contributed by atoms with E-state index < -0.39 is 42.2 Å². The summed E-state index contributed by atoms with van der Waals surface area (Å²) in [5.74, 6) is -1.91. The first-order valence-electron chi connectivity index (χ1n) is 17.7. The number of ether oxygens (including phenoxy) is 6. The van der Waals surface area contributed by atoms with Crippen LogP contribution >= 0.6 is 11.6 Å². The summed E-state index contributed by atoms with van der Waals surface area (Å²) in [6.07, 6.45) is -8.17. The Morgan fingerprint density at radius 2 is 1.26 bits per heavy atom. The SMILES string of the molecule is CC(O)[C@@]12CO[C@@](c3ccc(Cl)c(Cc4ccc(OC(F)(F)F)cc4)c3)(O1)[C@H](OCc1ccccc1)[C@@H](OCc1ccccc1)[C@@H]2OCc1ccccc1. The monoisotopic (exact) mass is 760 g/mol. The minimum atomic E-state index is -4.80. The lowest BCUT2D eigenvalue weighted by Gasteiger charge is -2.52. The lowest BCUT2D eigenvalue weighted by Crippen LogP contribution is -2.69. The second kappa shape index (κ2) is 16.2. The number of halogens is 4. The average Bonchev–Trinajstić information content (AvgIpc) is 3.54. The molecule has 2 saturated heterocycles. The molecule has 2 aliphatic heterocycles. The van der Waals surface area contributed by atoms with Crippen LogP contribution in [0, 0.1) is 0 Å². The van der Waals surface area contributed by atoms with E-state index in [1.165, 1.54) is 12.1 Å². The first-order chi connectivity index (χ1) is 26.0. The van der Waals surface area contributed by atoms with Crippen LogP contribution in [0.15, 0.2) is 133 Å². The summed E-state index contributed by atoms with van der Waals surface area (Å²) in [5.41, 5.74) is 3.33. The zero-order valence-corrected chi connectivity index (χ0v) is 30.2. The molecule has 11 heteroatoms. The zero-order valence-electron chi connectivity index (χ0n) is 29.5. The van der Waals surface area contributed by atoms with Crippen molar-refractivity contribution in [1.29, 1.82) is 0 Å². The number of hydrogen-bond donors (Lipinski definition) is 1. The number of rotatable bonds is 14. The molecule has 2 heterocycles. The summed E-state index contributed by atoms with van der Waals surface area (Å²) in [4.78, 5) is 0. The van der Waals surface area contributed by atoms with E-state index in [0.717, 1.165) is 16.7 Å². The quantitative estimate of drug-likeness (QED) is 0.121. The Hall–Kier alpha value is -4.26. The van der Waals surface area contributed by atoms with Gasteiger partial charge in [0.1, 0.15) is 29.7 Å². The van der Waals surface area contributed by atoms with E-state index in [4.69, 9.17) is 35.3 Å². The van der Waals surface area contributed by atoms with E-state index >= 15 is 0 Å². The van der Waals surface area contributed by atoms with Crippen molar-refractivity contribution in [3.63, 3.8) is 0 Å². The molecule has 1 unspecified atom stereocenters. The van der Waals surface area contributed by atoms with Crippen molar-refractivity contribution >= 4 is 11.6 Å². The predicted molar refractivity (Wildman–Crippen MR) is 196 cm³/mol. The Labute approximate surface area is 317 Å². The van der Waals surface area contributed by atoms with E-state index in [1.807, 2.05) is 97.1 Å². The molecule has 0 aromatic heterocycles. The molecule has 0 spiro atoms. The Balaban J connectivity index is 1.29. The van der Waals surface area contributed by atoms with Gasteiger partial charge in [-0.3, -0.25) is 0 Å². The fraction of sp³-hybridized carbons (Fsp3) is 0.302. The zero-order chi connectivity index (χ0) is 37.8. The van der Waals surface area contributed by atoms with Crippen LogP contribution in [-0.4, -0.2) is 48.1 Å². The normalized spacial score (nSPS) is 24.3. The van der Waals surface area contributed by atoms with Crippen molar-refractivity contribution in [3.05, 3.63) is 172 Å². The number of benzene rings is 5. The molecule has 0 radical (unpaired) electrons. The highest BCUT2D eigenvalue weighted by molar-refractivity contribution is 6.31. The fourth-order valence-corrected chi connectivity index (χ4v) is 7.29. The van der Waals surface area contributed by atoms with Crippen LogP contribution in [0.5, 0.6) is 5.75 Å². The predicted octanol–water partition coefficient (Wildman–Crippen LogP) is 8.92. The number of hydrogen-bond acceptors (Lipinski definition) is 7. The molecule has 54 heavy (non-hydrogen) atoms. The smallest absolute Gasteiger partial charge is 0.406 e. The Morgan fingerprint density at radius 1 is 0.722 bits per heavy atom. The third kappa shape index (κ3) is 8.35. The van der Waals surface area contributed by atoms with Gasteiger partial charge in [0, 0.05) is 10.6 Å². The van der Waals surface area contributed by atoms with Crippen molar-refractivity contribution in [2.24, 2.45) is 0 Å². The largest absolute Gasteiger partial charge is 0.573 e. The van der Waals surface area contributed by atoms with Gasteiger partial charge in [0.25, 0.3) is 0 Å². The highest BCUT2D eigenvalue weighted by Gasteiger charge is 2.71. The molecule has 2 bridgehead atoms. The molecular formula is C43H40ClF3O7. The van der Waals surface area contributed by atoms with Crippen molar-refractivity contribution in [2.75, 3.05) is 6.61 Å². The number of alkyl halides is 3. The molecule has 5 aromatic rings. The lowest BCUT2D eigenvalue weighted by molar-refractivity contribution is -0.359. The van der Waals surface area contributed by atoms with Crippen LogP contribution in [0.2, 0.25) is 5.02 Å². The summed E-state index contributed by atoms with van der Waals surface area (Å²) >= 11 is 6.76. The molecule has 0 amide bonds. The van der Waals surface area contributed by atoms with Gasteiger partial charge in [0.05, 0.1) is 32.5 Å². The van der Waals surface area contributed by atoms with Gasteiger partial charge in [-0.05, 0) is 65.4 Å². The molecular weight excluding hydrogens is 721 g/mol. The topological polar surface area (TPSA) is 75.6 Å². The van der Waals surface area contributed by atoms with E-state index in [9.17, 15) is 18.3 Å². The van der Waals surface area contributed by atoms with Crippen LogP contribution in [0.4, 0.5) is 13.2 Å². The molecule has 0 aliphatic carbocycles. The molecule has 5 aromatic carbocycles. The summed E-state index contributed by atoms with van der Waals surface area (Å²) in [7, 11) is 0. The standard InChI is InChI=1S/C43H40ClF3O7/c1-29(48)41-28-52-42(54-41,35-19-22-37(44)34(24-35)23-30-17-20-36(21-18-30)53-43(45,46)47)40(51-27-33-15-9-4-10-16-33)38(49-25-31-11-5-2-6-12-31)39(41)50-26-32-13-7-3-8-14-32/h2-22,24,29,38-40,48H,23,25-28H2,1H3/t29?,38-,39-,40+,41+,42-/m0/s1. The van der Waals surface area contributed by atoms with Crippen LogP contribution < -0.4 is 4.74 Å². The minimum Gasteiger partial charge on any atom is -0.406 e. The molecule has 6 atom stereocenters. The van der Waals surface area contributed by atoms with E-state index in [0.29, 0.717) is 21.7 Å². The van der Waals surface area contributed by atoms with Crippen LogP contribution in [0.25, 0.3) is 0 Å². The maximum atomic E-state index is 12.8. The van der Waals surface area contributed by atoms with Crippen molar-refractivity contribution in [1.82, 2.24) is 0 Å². The van der Waals surface area contributed by atoms with Crippen LogP contribution in [0.1, 0.15) is 40.3 Å². The molecule has 282 valence electrons. The van der Waals surface area contributed by atoms with E-state index in [2.05, 4.69) is 4.74 Å². The van der Waals surface area contributed by atoms with Gasteiger partial charge in [-0.2, -0.15) is 0 Å². The highest BCUT2D eigenvalue weighted by Crippen LogP contribution is 2.54. The molecule has 2 fully saturated rings. The first-order valence-corrected chi connectivity index (χ1v) is 18.0. The minimum absolute atomic E-state index is 0.0425. The molecule has 7 rings (SSSR count). The van der Waals surface area contributed by atoms with Gasteiger partial charge in [-0.1, -0.05) is 121 Å². The van der Waals surface area contributed by atoms with Gasteiger partial charge in [0.15, 0.2) is 0 Å². The third-order valence-corrected chi connectivity index (χ3v) is 10.2. The fourth-order valence-electron chi connectivity index (χ4n) is 7.10. The Kier molecular flexibility index (Phi) is 11.4. The van der Waals surface area contributed by atoms with Crippen LogP contribution in [0.3, 0.4) is 0 Å². The number of fused-ring (bicyclic) bond motifs is 2. The van der Waals surface area contributed by atoms with Gasteiger partial charge >= 0.3 is 6.36 Å². The maximum absolute atomic E-state index is 12.8. The molecule has 0 saturated carbocycles. The van der Waals surface area contributed by atoms with Crippen molar-refractivity contribution in [2.45, 2.75) is 75.3 Å². The molecule has 7 nitrogen and oxygen atoms in total. The lowest BCUT2D eigenvalue weighted by atomic mass is 9.80. The summed E-state index contributed by atoms with van der Waals surface area (Å²) in [6.45, 7) is 2.22. The highest BCUT2D eigenvalue weighted by atomic mass is 35.5. The summed E-state index contributed by atoms with van der Waals surface area (Å²) in [5, 5.41) is 12.0. The van der Waals surface area contributed by atoms with Crippen molar-refractivity contribution < 1.29 is 46.7 Å². The van der Waals surface area contributed by atoms with Crippen molar-refractivity contribution in [3.8, 4) is 5.75 Å². The Bertz CT molecular complexity index is 1970.